The molecule has 0 aromatic carbocycles. The zero-order valence-electron chi connectivity index (χ0n) is 9.00. The van der Waals surface area contributed by atoms with Gasteiger partial charge in [-0.05, 0) is 13.3 Å². The van der Waals surface area contributed by atoms with E-state index in [1.54, 1.807) is 0 Å². The summed E-state index contributed by atoms with van der Waals surface area (Å²) in [5, 5.41) is 14.7. The Balaban J connectivity index is 2.52. The van der Waals surface area contributed by atoms with Crippen LogP contribution in [0.4, 0.5) is 0 Å². The van der Waals surface area contributed by atoms with E-state index < -0.39 is 21.7 Å². The number of hydroxylamine groups is 1. The van der Waals surface area contributed by atoms with Gasteiger partial charge in [0.25, 0.3) is 10.0 Å². The first-order valence-corrected chi connectivity index (χ1v) is 6.32. The van der Waals surface area contributed by atoms with Crippen LogP contribution in [0.1, 0.15) is 22.6 Å². The monoisotopic (exact) mass is 261 g/mol. The molecule has 0 saturated carbocycles. The molecule has 9 heteroatoms. The highest BCUT2D eigenvalue weighted by molar-refractivity contribution is 7.89. The largest absolute Gasteiger partial charge is 0.476 e. The molecule has 0 bridgehead atoms. The number of carbonyl (C=O) groups is 1. The van der Waals surface area contributed by atoms with Crippen LogP contribution in [0, 0.1) is 6.92 Å². The van der Waals surface area contributed by atoms with E-state index in [0.717, 1.165) is 4.47 Å². The van der Waals surface area contributed by atoms with Crippen molar-refractivity contribution in [3.05, 3.63) is 11.4 Å². The van der Waals surface area contributed by atoms with Crippen molar-refractivity contribution in [3.63, 3.8) is 0 Å². The minimum absolute atomic E-state index is 0.179. The van der Waals surface area contributed by atoms with Gasteiger partial charge in [-0.2, -0.15) is 5.10 Å². The van der Waals surface area contributed by atoms with Gasteiger partial charge < -0.3 is 5.11 Å². The summed E-state index contributed by atoms with van der Waals surface area (Å²) in [7, 11) is -3.97. The number of sulfonamides is 1. The Kier molecular flexibility index (Phi) is 2.89. The van der Waals surface area contributed by atoms with Gasteiger partial charge in [-0.25, -0.2) is 13.2 Å². The first kappa shape index (κ1) is 12.0. The van der Waals surface area contributed by atoms with Crippen molar-refractivity contribution >= 4 is 16.0 Å². The molecule has 2 N–H and O–H groups in total. The molecule has 2 rings (SSSR count). The quantitative estimate of drug-likeness (QED) is 0.775. The number of aryl methyl sites for hydroxylation is 1. The SMILES string of the molecule is Cc1[nH]nc(C(=O)O)c1S(=O)(=O)N1CCCO1. The molecule has 94 valence electrons. The molecule has 0 unspecified atom stereocenters. The normalized spacial score (nSPS) is 17.5. The lowest BCUT2D eigenvalue weighted by molar-refractivity contribution is -0.0285. The summed E-state index contributed by atoms with van der Waals surface area (Å²) in [6.45, 7) is 1.97. The highest BCUT2D eigenvalue weighted by Crippen LogP contribution is 2.24. The second-order valence-corrected chi connectivity index (χ2v) is 5.32. The summed E-state index contributed by atoms with van der Waals surface area (Å²) in [6, 6.07) is 0. The van der Waals surface area contributed by atoms with Gasteiger partial charge >= 0.3 is 5.97 Å². The molecule has 2 heterocycles. The van der Waals surface area contributed by atoms with Gasteiger partial charge in [0, 0.05) is 6.54 Å². The average Bonchev–Trinajstić information content (AvgIpc) is 2.84. The molecule has 0 amide bonds. The Morgan fingerprint density at radius 2 is 2.29 bits per heavy atom. The second-order valence-electron chi connectivity index (χ2n) is 3.55. The van der Waals surface area contributed by atoms with Crippen LogP contribution in [-0.2, 0) is 14.9 Å². The van der Waals surface area contributed by atoms with Crippen molar-refractivity contribution in [2.24, 2.45) is 0 Å². The third-order valence-corrected chi connectivity index (χ3v) is 4.18. The van der Waals surface area contributed by atoms with Crippen LogP contribution in [0.25, 0.3) is 0 Å². The smallest absolute Gasteiger partial charge is 0.357 e. The third kappa shape index (κ3) is 1.92. The molecule has 1 aliphatic heterocycles. The average molecular weight is 261 g/mol. The van der Waals surface area contributed by atoms with E-state index in [1.165, 1.54) is 6.92 Å². The number of carboxylic acids is 1. The molecule has 1 aromatic heterocycles. The number of aromatic nitrogens is 2. The van der Waals surface area contributed by atoms with Crippen molar-refractivity contribution in [1.29, 1.82) is 0 Å². The maximum Gasteiger partial charge on any atom is 0.357 e. The van der Waals surface area contributed by atoms with Gasteiger partial charge in [0.2, 0.25) is 0 Å². The van der Waals surface area contributed by atoms with Crippen molar-refractivity contribution in [2.75, 3.05) is 13.2 Å². The number of nitrogens with one attached hydrogen (secondary N) is 1. The third-order valence-electron chi connectivity index (χ3n) is 2.34. The molecule has 0 radical (unpaired) electrons. The standard InChI is InChI=1S/C8H11N3O5S/c1-5-7(6(8(12)13)10-9-5)17(14,15)11-3-2-4-16-11/h2-4H2,1H3,(H,9,10)(H,12,13). The maximum absolute atomic E-state index is 12.1. The number of H-pyrrole nitrogens is 1. The molecule has 1 fully saturated rings. The van der Waals surface area contributed by atoms with E-state index in [0.29, 0.717) is 13.0 Å². The molecule has 0 atom stereocenters. The van der Waals surface area contributed by atoms with Crippen LogP contribution in [0.2, 0.25) is 0 Å². The molecular formula is C8H11N3O5S. The Labute approximate surface area is 97.2 Å². The minimum atomic E-state index is -3.97. The van der Waals surface area contributed by atoms with E-state index in [4.69, 9.17) is 9.94 Å². The second kappa shape index (κ2) is 4.09. The molecule has 1 aromatic rings. The van der Waals surface area contributed by atoms with Crippen molar-refractivity contribution in [3.8, 4) is 0 Å². The Morgan fingerprint density at radius 3 is 2.82 bits per heavy atom. The molecule has 0 aliphatic carbocycles. The number of carboxylic acid groups (broad SMARTS) is 1. The number of hydrogen-bond donors (Lipinski definition) is 2. The topological polar surface area (TPSA) is 113 Å². The first-order valence-electron chi connectivity index (χ1n) is 4.88. The lowest BCUT2D eigenvalue weighted by atomic mass is 10.4. The molecule has 1 saturated heterocycles. The zero-order chi connectivity index (χ0) is 12.6. The highest BCUT2D eigenvalue weighted by Gasteiger charge is 2.35. The van der Waals surface area contributed by atoms with Gasteiger partial charge in [0.15, 0.2) is 5.69 Å². The molecule has 1 aliphatic rings. The van der Waals surface area contributed by atoms with E-state index >= 15 is 0 Å². The lowest BCUT2D eigenvalue weighted by Gasteiger charge is -2.13. The fourth-order valence-electron chi connectivity index (χ4n) is 1.60. The van der Waals surface area contributed by atoms with Crippen LogP contribution < -0.4 is 0 Å². The van der Waals surface area contributed by atoms with Gasteiger partial charge in [-0.15, -0.1) is 0 Å². The summed E-state index contributed by atoms with van der Waals surface area (Å²) >= 11 is 0. The van der Waals surface area contributed by atoms with E-state index in [1.807, 2.05) is 0 Å². The zero-order valence-corrected chi connectivity index (χ0v) is 9.82. The molecule has 0 spiro atoms. The van der Waals surface area contributed by atoms with Crippen LogP contribution in [0.3, 0.4) is 0 Å². The van der Waals surface area contributed by atoms with E-state index in [2.05, 4.69) is 10.2 Å². The van der Waals surface area contributed by atoms with Crippen molar-refractivity contribution < 1.29 is 23.2 Å². The van der Waals surface area contributed by atoms with Crippen LogP contribution in [0.15, 0.2) is 4.90 Å². The fourth-order valence-corrected chi connectivity index (χ4v) is 3.19. The highest BCUT2D eigenvalue weighted by atomic mass is 32.2. The Hall–Kier alpha value is -1.45. The van der Waals surface area contributed by atoms with Crippen molar-refractivity contribution in [2.45, 2.75) is 18.2 Å². The predicted molar refractivity (Wildman–Crippen MR) is 54.7 cm³/mol. The molecular weight excluding hydrogens is 250 g/mol. The van der Waals surface area contributed by atoms with Gasteiger partial charge in [0.05, 0.1) is 12.3 Å². The first-order chi connectivity index (χ1) is 7.94. The molecule has 8 nitrogen and oxygen atoms in total. The number of aromatic carboxylic acids is 1. The van der Waals surface area contributed by atoms with Crippen molar-refractivity contribution in [1.82, 2.24) is 14.7 Å². The van der Waals surface area contributed by atoms with Gasteiger partial charge in [-0.1, -0.05) is 4.47 Å². The summed E-state index contributed by atoms with van der Waals surface area (Å²) < 4.78 is 25.0. The van der Waals surface area contributed by atoms with Gasteiger partial charge in [-0.3, -0.25) is 9.94 Å². The Morgan fingerprint density at radius 1 is 1.59 bits per heavy atom. The number of rotatable bonds is 3. The minimum Gasteiger partial charge on any atom is -0.476 e. The van der Waals surface area contributed by atoms with E-state index in [-0.39, 0.29) is 17.1 Å². The fraction of sp³-hybridized carbons (Fsp3) is 0.500. The van der Waals surface area contributed by atoms with Crippen LogP contribution >= 0.6 is 0 Å². The predicted octanol–water partition coefficient (Wildman–Crippen LogP) is -0.258. The maximum atomic E-state index is 12.1. The molecule has 17 heavy (non-hydrogen) atoms. The number of nitrogens with zero attached hydrogens (tertiary/aromatic N) is 2. The Bertz CT molecular complexity index is 544. The summed E-state index contributed by atoms with van der Waals surface area (Å²) in [6.07, 6.45) is 0.582. The van der Waals surface area contributed by atoms with Crippen LogP contribution in [-0.4, -0.2) is 47.3 Å². The number of hydrogen-bond acceptors (Lipinski definition) is 5. The summed E-state index contributed by atoms with van der Waals surface area (Å²) in [5.41, 5.74) is -0.337. The summed E-state index contributed by atoms with van der Waals surface area (Å²) in [5.74, 6) is -1.40. The van der Waals surface area contributed by atoms with Gasteiger partial charge in [0.1, 0.15) is 4.90 Å². The van der Waals surface area contributed by atoms with E-state index in [9.17, 15) is 13.2 Å². The number of aromatic amines is 1. The van der Waals surface area contributed by atoms with Crippen LogP contribution in [0.5, 0.6) is 0 Å². The summed E-state index contributed by atoms with van der Waals surface area (Å²) in [4.78, 5) is 15.5. The lowest BCUT2D eigenvalue weighted by Crippen LogP contribution is -2.28.